The molecule has 0 spiro atoms. The fraction of sp³-hybridized carbons (Fsp3) is 0.333. The summed E-state index contributed by atoms with van der Waals surface area (Å²) in [5.41, 5.74) is 3.95. The summed E-state index contributed by atoms with van der Waals surface area (Å²) >= 11 is 5.21. The topological polar surface area (TPSA) is 92.1 Å². The molecule has 0 saturated carbocycles. The van der Waals surface area contributed by atoms with Crippen LogP contribution in [0, 0.1) is 0 Å². The molecule has 0 N–H and O–H groups in total. The second-order valence-electron chi connectivity index (χ2n) is 11.7. The lowest BCUT2D eigenvalue weighted by atomic mass is 10.2. The van der Waals surface area contributed by atoms with Gasteiger partial charge in [-0.2, -0.15) is 9.90 Å². The fourth-order valence-electron chi connectivity index (χ4n) is 4.04. The summed E-state index contributed by atoms with van der Waals surface area (Å²) in [6, 6.07) is 32.3. The molecule has 3 aromatic heterocycles. The minimum absolute atomic E-state index is 0.325. The molecule has 0 bridgehead atoms. The Morgan fingerprint density at radius 2 is 1.08 bits per heavy atom. The van der Waals surface area contributed by atoms with E-state index < -0.39 is 0 Å². The largest absolute Gasteiger partial charge is 0.249 e. The average Bonchev–Trinajstić information content (AvgIpc) is 3.89. The maximum Gasteiger partial charge on any atom is 0.139 e. The summed E-state index contributed by atoms with van der Waals surface area (Å²) in [5, 5.41) is 27.9. The normalized spacial score (nSPS) is 10.9. The first-order chi connectivity index (χ1) is 23.3. The molecule has 9 nitrogen and oxygen atoms in total. The Morgan fingerprint density at radius 3 is 1.54 bits per heavy atom. The van der Waals surface area contributed by atoms with Crippen LogP contribution in [-0.4, -0.2) is 45.0 Å². The van der Waals surface area contributed by atoms with E-state index in [0.29, 0.717) is 18.1 Å². The lowest BCUT2D eigenvalue weighted by molar-refractivity contribution is 0.460. The number of hydrogen-bond donors (Lipinski definition) is 0. The van der Waals surface area contributed by atoms with Crippen molar-refractivity contribution in [1.82, 2.24) is 45.0 Å². The van der Waals surface area contributed by atoms with Gasteiger partial charge < -0.3 is 0 Å². The molecule has 0 aliphatic rings. The molecule has 6 rings (SSSR count). The van der Waals surface area contributed by atoms with Gasteiger partial charge in [0.05, 0.1) is 24.6 Å². The predicted octanol–water partition coefficient (Wildman–Crippen LogP) is 9.45. The Bertz CT molecular complexity index is 1630. The number of benzene rings is 3. The Labute approximate surface area is 297 Å². The molecule has 0 saturated heterocycles. The van der Waals surface area contributed by atoms with Crippen LogP contribution in [0.3, 0.4) is 0 Å². The van der Waals surface area contributed by atoms with E-state index in [1.807, 2.05) is 46.2 Å². The quantitative estimate of drug-likeness (QED) is 0.116. The molecule has 0 aliphatic heterocycles. The zero-order valence-electron chi connectivity index (χ0n) is 28.5. The monoisotopic (exact) mass is 699 g/mol. The number of rotatable bonds is 12. The van der Waals surface area contributed by atoms with Gasteiger partial charge in [-0.25, -0.2) is 9.36 Å². The maximum atomic E-state index is 4.39. The average molecular weight is 700 g/mol. The first kappa shape index (κ1) is 37.0. The molecule has 48 heavy (non-hydrogen) atoms. The lowest BCUT2D eigenvalue weighted by Gasteiger charge is -2.08. The van der Waals surface area contributed by atoms with Gasteiger partial charge in [-0.05, 0) is 58.2 Å². The van der Waals surface area contributed by atoms with Crippen LogP contribution < -0.4 is 0 Å². The third kappa shape index (κ3) is 12.6. The van der Waals surface area contributed by atoms with E-state index >= 15 is 0 Å². The van der Waals surface area contributed by atoms with Crippen LogP contribution in [0.25, 0.3) is 0 Å². The summed E-state index contributed by atoms with van der Waals surface area (Å²) < 4.78 is 3.83. The van der Waals surface area contributed by atoms with Gasteiger partial charge >= 0.3 is 0 Å². The molecule has 0 fully saturated rings. The molecule has 0 aliphatic carbocycles. The van der Waals surface area contributed by atoms with Crippen molar-refractivity contribution in [2.24, 2.45) is 0 Å². The molecule has 0 unspecified atom stereocenters. The van der Waals surface area contributed by atoms with E-state index in [-0.39, 0.29) is 0 Å². The third-order valence-electron chi connectivity index (χ3n) is 6.69. The first-order valence-electron chi connectivity index (χ1n) is 16.0. The summed E-state index contributed by atoms with van der Waals surface area (Å²) in [6.45, 7) is 12.6. The maximum absolute atomic E-state index is 4.39. The Morgan fingerprint density at radius 1 is 0.562 bits per heavy atom. The van der Waals surface area contributed by atoms with Gasteiger partial charge in [-0.3, -0.25) is 0 Å². The first-order valence-corrected chi connectivity index (χ1v) is 19.0. The smallest absolute Gasteiger partial charge is 0.139 e. The molecular formula is C36H45N9S3. The number of thioether (sulfide) groups is 3. The number of aromatic nitrogens is 9. The van der Waals surface area contributed by atoms with Crippen LogP contribution in [0.5, 0.6) is 0 Å². The van der Waals surface area contributed by atoms with Gasteiger partial charge in [0.1, 0.15) is 15.1 Å². The molecule has 0 radical (unpaired) electrons. The predicted molar refractivity (Wildman–Crippen MR) is 199 cm³/mol. The van der Waals surface area contributed by atoms with Crippen LogP contribution in [0.15, 0.2) is 125 Å². The summed E-state index contributed by atoms with van der Waals surface area (Å²) in [7, 11) is 0. The van der Waals surface area contributed by atoms with Crippen molar-refractivity contribution in [1.29, 1.82) is 0 Å². The van der Waals surface area contributed by atoms with Crippen LogP contribution in [0.2, 0.25) is 0 Å². The zero-order chi connectivity index (χ0) is 34.1. The Balaban J connectivity index is 0.000000163. The van der Waals surface area contributed by atoms with E-state index in [0.717, 1.165) is 32.3 Å². The molecule has 252 valence electrons. The second kappa shape index (κ2) is 19.8. The Kier molecular flexibility index (Phi) is 15.3. The van der Waals surface area contributed by atoms with Gasteiger partial charge in [0.2, 0.25) is 0 Å². The highest BCUT2D eigenvalue weighted by Gasteiger charge is 2.08. The summed E-state index contributed by atoms with van der Waals surface area (Å²) in [5.74, 6) is 2.84. The van der Waals surface area contributed by atoms with Crippen molar-refractivity contribution >= 4 is 35.3 Å². The van der Waals surface area contributed by atoms with Gasteiger partial charge in [0, 0.05) is 29.3 Å². The van der Waals surface area contributed by atoms with Gasteiger partial charge in [0.25, 0.3) is 0 Å². The molecular weight excluding hydrogens is 655 g/mol. The number of hydrogen-bond acceptors (Lipinski definition) is 9. The van der Waals surface area contributed by atoms with Crippen molar-refractivity contribution in [3.8, 4) is 0 Å². The number of nitrogens with zero attached hydrogens (tertiary/aromatic N) is 9. The van der Waals surface area contributed by atoms with Crippen molar-refractivity contribution in [2.75, 3.05) is 0 Å². The van der Waals surface area contributed by atoms with Crippen molar-refractivity contribution in [2.45, 2.75) is 92.0 Å². The highest BCUT2D eigenvalue weighted by Crippen LogP contribution is 2.24. The van der Waals surface area contributed by atoms with Crippen LogP contribution >= 0.6 is 35.3 Å². The third-order valence-corrected chi connectivity index (χ3v) is 9.67. The van der Waals surface area contributed by atoms with E-state index in [4.69, 9.17) is 0 Å². The summed E-state index contributed by atoms with van der Waals surface area (Å²) in [6.07, 6.45) is 5.65. The minimum Gasteiger partial charge on any atom is -0.249 e. The second-order valence-corrected chi connectivity index (χ2v) is 14.6. The van der Waals surface area contributed by atoms with Crippen LogP contribution in [0.1, 0.15) is 76.4 Å². The summed E-state index contributed by atoms with van der Waals surface area (Å²) in [4.78, 5) is 1.74. The van der Waals surface area contributed by atoms with Crippen molar-refractivity contribution < 1.29 is 0 Å². The van der Waals surface area contributed by atoms with E-state index in [1.165, 1.54) is 16.7 Å². The van der Waals surface area contributed by atoms with Crippen molar-refractivity contribution in [3.63, 3.8) is 0 Å². The molecule has 3 heterocycles. The van der Waals surface area contributed by atoms with Crippen LogP contribution in [-0.2, 0) is 17.3 Å². The molecule has 3 aromatic carbocycles. The molecule has 0 amide bonds. The molecule has 12 heteroatoms. The standard InChI is InChI=1S/3C12H15N3S/c1-10(2)15-8-12(13-14-15)16-9-11-6-4-3-5-7-11;1-10(2)15-12(8-13-14-15)16-9-11-6-4-3-5-7-11;1-10(2)15-13-8-12(14-15)16-9-11-6-4-3-5-7-11/h3*3-8,10H,9H2,1-2H3. The van der Waals surface area contributed by atoms with E-state index in [9.17, 15) is 0 Å². The highest BCUT2D eigenvalue weighted by atomic mass is 32.2. The van der Waals surface area contributed by atoms with Crippen LogP contribution in [0.4, 0.5) is 0 Å². The van der Waals surface area contributed by atoms with E-state index in [2.05, 4.69) is 145 Å². The highest BCUT2D eigenvalue weighted by molar-refractivity contribution is 7.98. The van der Waals surface area contributed by atoms with Gasteiger partial charge in [-0.1, -0.05) is 125 Å². The molecule has 6 aromatic rings. The van der Waals surface area contributed by atoms with Gasteiger partial charge in [-0.15, -0.1) is 27.1 Å². The zero-order valence-corrected chi connectivity index (χ0v) is 30.9. The SMILES string of the molecule is CC(C)n1cc(SCc2ccccc2)nn1.CC(C)n1ncc(SCc2ccccc2)n1.CC(C)n1nncc1SCc1ccccc1. The molecule has 0 atom stereocenters. The fourth-order valence-corrected chi connectivity index (χ4v) is 6.61. The van der Waals surface area contributed by atoms with E-state index in [1.54, 1.807) is 40.1 Å². The Hall–Kier alpha value is -3.87. The van der Waals surface area contributed by atoms with Crippen molar-refractivity contribution in [3.05, 3.63) is 126 Å². The van der Waals surface area contributed by atoms with Gasteiger partial charge in [0.15, 0.2) is 0 Å². The lowest BCUT2D eigenvalue weighted by Crippen LogP contribution is -2.04. The minimum atomic E-state index is 0.325.